The number of anilines is 1. The highest BCUT2D eigenvalue weighted by atomic mass is 19.1. The van der Waals surface area contributed by atoms with Crippen molar-refractivity contribution >= 4 is 17.5 Å². The average molecular weight is 534 g/mol. The minimum absolute atomic E-state index is 0.00718. The summed E-state index contributed by atoms with van der Waals surface area (Å²) < 4.78 is 13.8. The number of benzene rings is 4. The molecule has 0 radical (unpaired) electrons. The van der Waals surface area contributed by atoms with E-state index >= 15 is 0 Å². The van der Waals surface area contributed by atoms with Crippen molar-refractivity contribution < 1.29 is 44.6 Å². The lowest BCUT2D eigenvalue weighted by Gasteiger charge is -2.32. The summed E-state index contributed by atoms with van der Waals surface area (Å²) >= 11 is 0. The van der Waals surface area contributed by atoms with Crippen molar-refractivity contribution in [2.24, 2.45) is 0 Å². The molecule has 0 aliphatic heterocycles. The van der Waals surface area contributed by atoms with E-state index in [2.05, 4.69) is 5.32 Å². The molecule has 2 amide bonds. The van der Waals surface area contributed by atoms with E-state index in [1.165, 1.54) is 12.1 Å². The Morgan fingerprint density at radius 3 is 1.97 bits per heavy atom. The predicted molar refractivity (Wildman–Crippen MR) is 137 cm³/mol. The highest BCUT2D eigenvalue weighted by Gasteiger charge is 2.36. The Labute approximate surface area is 221 Å². The summed E-state index contributed by atoms with van der Waals surface area (Å²) in [7, 11) is 0. The van der Waals surface area contributed by atoms with E-state index in [1.54, 1.807) is 30.3 Å². The van der Waals surface area contributed by atoms with Gasteiger partial charge in [0.1, 0.15) is 11.9 Å². The van der Waals surface area contributed by atoms with Crippen LogP contribution in [0.1, 0.15) is 27.5 Å². The summed E-state index contributed by atoms with van der Waals surface area (Å²) in [5.41, 5.74) is -0.0214. The van der Waals surface area contributed by atoms with Crippen molar-refractivity contribution in [3.05, 3.63) is 101 Å². The molecule has 10 nitrogen and oxygen atoms in total. The molecule has 0 aliphatic carbocycles. The Kier molecular flexibility index (Phi) is 7.43. The summed E-state index contributed by atoms with van der Waals surface area (Å²) in [6.45, 7) is 0.00718. The van der Waals surface area contributed by atoms with E-state index in [0.29, 0.717) is 5.56 Å². The maximum atomic E-state index is 13.9. The molecule has 0 fully saturated rings. The lowest BCUT2D eigenvalue weighted by molar-refractivity contribution is -0.122. The molecule has 4 rings (SSSR count). The Morgan fingerprint density at radius 1 is 0.744 bits per heavy atom. The molecule has 1 atom stereocenters. The number of nitrogens with zero attached hydrogens (tertiary/aromatic N) is 1. The van der Waals surface area contributed by atoms with Crippen molar-refractivity contribution in [1.29, 1.82) is 0 Å². The van der Waals surface area contributed by atoms with Crippen LogP contribution < -0.4 is 10.2 Å². The Balaban J connectivity index is 1.89. The highest BCUT2D eigenvalue weighted by molar-refractivity contribution is 6.10. The van der Waals surface area contributed by atoms with Gasteiger partial charge in [-0.25, -0.2) is 4.39 Å². The largest absolute Gasteiger partial charge is 0.504 e. The number of aromatic hydroxyl groups is 6. The number of hydrogen-bond donors (Lipinski definition) is 7. The monoisotopic (exact) mass is 534 g/mol. The number of phenols is 6. The first-order valence-electron chi connectivity index (χ1n) is 11.5. The van der Waals surface area contributed by atoms with Crippen LogP contribution in [0.4, 0.5) is 10.1 Å². The van der Waals surface area contributed by atoms with Gasteiger partial charge in [-0.05, 0) is 54.1 Å². The van der Waals surface area contributed by atoms with Gasteiger partial charge in [0.25, 0.3) is 5.91 Å². The zero-order valence-corrected chi connectivity index (χ0v) is 20.1. The third-order valence-electron chi connectivity index (χ3n) is 5.91. The zero-order valence-electron chi connectivity index (χ0n) is 20.1. The van der Waals surface area contributed by atoms with Crippen LogP contribution in [0.15, 0.2) is 78.9 Å². The second-order valence-corrected chi connectivity index (χ2v) is 8.49. The quantitative estimate of drug-likeness (QED) is 0.176. The van der Waals surface area contributed by atoms with Gasteiger partial charge < -0.3 is 36.0 Å². The van der Waals surface area contributed by atoms with E-state index in [-0.39, 0.29) is 23.4 Å². The van der Waals surface area contributed by atoms with Crippen LogP contribution in [-0.2, 0) is 11.3 Å². The minimum Gasteiger partial charge on any atom is -0.504 e. The molecule has 4 aromatic carbocycles. The van der Waals surface area contributed by atoms with Gasteiger partial charge in [0.15, 0.2) is 28.7 Å². The standard InChI is InChI=1S/C28H23FN2O8/c29-17-6-8-18(9-7-17)31(28(39)16-12-21(33)25(36)22(34)13-16)23(19-10-11-20(32)26(37)24(19)35)27(38)30-14-15-4-2-1-3-5-15/h1-13,23,32-37H,14H2,(H,30,38). The van der Waals surface area contributed by atoms with Crippen molar-refractivity contribution in [2.45, 2.75) is 12.6 Å². The molecule has 200 valence electrons. The fourth-order valence-electron chi connectivity index (χ4n) is 3.94. The molecule has 11 heteroatoms. The number of carbonyl (C=O) groups is 2. The Morgan fingerprint density at radius 2 is 1.36 bits per heavy atom. The van der Waals surface area contributed by atoms with E-state index in [4.69, 9.17) is 0 Å². The van der Waals surface area contributed by atoms with E-state index in [0.717, 1.165) is 41.3 Å². The number of nitrogens with one attached hydrogen (secondary N) is 1. The van der Waals surface area contributed by atoms with Crippen LogP contribution in [0.2, 0.25) is 0 Å². The summed E-state index contributed by atoms with van der Waals surface area (Å²) in [5, 5.41) is 63.1. The molecule has 0 saturated carbocycles. The number of rotatable bonds is 7. The van der Waals surface area contributed by atoms with Crippen LogP contribution in [-0.4, -0.2) is 42.5 Å². The second-order valence-electron chi connectivity index (χ2n) is 8.49. The minimum atomic E-state index is -1.73. The summed E-state index contributed by atoms with van der Waals surface area (Å²) in [6.07, 6.45) is 0. The average Bonchev–Trinajstić information content (AvgIpc) is 2.93. The fraction of sp³-hybridized carbons (Fsp3) is 0.0714. The highest BCUT2D eigenvalue weighted by Crippen LogP contribution is 2.43. The number of carbonyl (C=O) groups excluding carboxylic acids is 2. The molecular formula is C28H23FN2O8. The first-order chi connectivity index (χ1) is 18.6. The van der Waals surface area contributed by atoms with Crippen molar-refractivity contribution in [2.75, 3.05) is 4.90 Å². The summed E-state index contributed by atoms with van der Waals surface area (Å²) in [5.74, 6) is -7.57. The Hall–Kier alpha value is -5.45. The van der Waals surface area contributed by atoms with Crippen LogP contribution >= 0.6 is 0 Å². The number of amides is 2. The summed E-state index contributed by atoms with van der Waals surface area (Å²) in [4.78, 5) is 28.4. The zero-order chi connectivity index (χ0) is 28.3. The maximum absolute atomic E-state index is 13.9. The molecule has 0 heterocycles. The van der Waals surface area contributed by atoms with Gasteiger partial charge in [0.2, 0.25) is 11.7 Å². The van der Waals surface area contributed by atoms with E-state index in [1.807, 2.05) is 0 Å². The molecule has 0 bridgehead atoms. The van der Waals surface area contributed by atoms with Crippen LogP contribution in [0.5, 0.6) is 34.5 Å². The van der Waals surface area contributed by atoms with Gasteiger partial charge in [-0.1, -0.05) is 30.3 Å². The molecule has 39 heavy (non-hydrogen) atoms. The molecule has 4 aromatic rings. The van der Waals surface area contributed by atoms with Gasteiger partial charge in [-0.2, -0.15) is 0 Å². The van der Waals surface area contributed by atoms with Gasteiger partial charge in [-0.3, -0.25) is 14.5 Å². The van der Waals surface area contributed by atoms with Gasteiger partial charge in [0.05, 0.1) is 0 Å². The lowest BCUT2D eigenvalue weighted by Crippen LogP contribution is -2.44. The van der Waals surface area contributed by atoms with E-state index < -0.39 is 58.2 Å². The normalized spacial score (nSPS) is 11.5. The molecule has 1 unspecified atom stereocenters. The van der Waals surface area contributed by atoms with Crippen LogP contribution in [0.25, 0.3) is 0 Å². The molecule has 0 spiro atoms. The third-order valence-corrected chi connectivity index (χ3v) is 5.91. The van der Waals surface area contributed by atoms with Crippen LogP contribution in [0, 0.1) is 5.82 Å². The second kappa shape index (κ2) is 10.9. The lowest BCUT2D eigenvalue weighted by atomic mass is 9.99. The number of phenolic OH excluding ortho intramolecular Hbond substituents is 6. The first-order valence-corrected chi connectivity index (χ1v) is 11.5. The number of hydrogen-bond acceptors (Lipinski definition) is 8. The maximum Gasteiger partial charge on any atom is 0.259 e. The van der Waals surface area contributed by atoms with Crippen molar-refractivity contribution in [3.63, 3.8) is 0 Å². The summed E-state index contributed by atoms with van der Waals surface area (Å²) in [6, 6.07) is 15.3. The van der Waals surface area contributed by atoms with Crippen molar-refractivity contribution in [1.82, 2.24) is 5.32 Å². The van der Waals surface area contributed by atoms with E-state index in [9.17, 15) is 44.6 Å². The third kappa shape index (κ3) is 5.47. The smallest absolute Gasteiger partial charge is 0.259 e. The fourth-order valence-corrected chi connectivity index (χ4v) is 3.94. The van der Waals surface area contributed by atoms with Gasteiger partial charge >= 0.3 is 0 Å². The van der Waals surface area contributed by atoms with Gasteiger partial charge in [0, 0.05) is 23.4 Å². The first kappa shape index (κ1) is 26.6. The Bertz CT molecular complexity index is 1500. The molecule has 0 aliphatic rings. The SMILES string of the molecule is O=C(NCc1ccccc1)C(c1ccc(O)c(O)c1O)N(C(=O)c1cc(O)c(O)c(O)c1)c1ccc(F)cc1. The van der Waals surface area contributed by atoms with Crippen LogP contribution in [0.3, 0.4) is 0 Å². The predicted octanol–water partition coefficient (Wildman–Crippen LogP) is 3.76. The van der Waals surface area contributed by atoms with Crippen molar-refractivity contribution in [3.8, 4) is 34.5 Å². The molecule has 7 N–H and O–H groups in total. The molecule has 0 aromatic heterocycles. The molecule has 0 saturated heterocycles. The van der Waals surface area contributed by atoms with Gasteiger partial charge in [-0.15, -0.1) is 0 Å². The topological polar surface area (TPSA) is 171 Å². The molecular weight excluding hydrogens is 511 g/mol. The number of halogens is 1.